The first kappa shape index (κ1) is 13.5. The third kappa shape index (κ3) is 2.30. The van der Waals surface area contributed by atoms with Crippen LogP contribution in [0.25, 0.3) is 0 Å². The Kier molecular flexibility index (Phi) is 4.04. The molecule has 6 heteroatoms. The van der Waals surface area contributed by atoms with Crippen LogP contribution >= 0.6 is 27.5 Å². The standard InChI is InChI=1S/C12H12BrClFN3/c1-16-11(12-8(14)6-17-18(12)2)7-4-3-5-9(15)10(7)13/h3-6,11,16H,1-2H3. The fourth-order valence-electron chi connectivity index (χ4n) is 1.93. The number of hydrogen-bond donors (Lipinski definition) is 1. The van der Waals surface area contributed by atoms with Gasteiger partial charge in [0.15, 0.2) is 0 Å². The van der Waals surface area contributed by atoms with Crippen molar-refractivity contribution in [2.75, 3.05) is 7.05 Å². The predicted octanol–water partition coefficient (Wildman–Crippen LogP) is 3.28. The summed E-state index contributed by atoms with van der Waals surface area (Å²) >= 11 is 9.40. The summed E-state index contributed by atoms with van der Waals surface area (Å²) in [4.78, 5) is 0. The largest absolute Gasteiger partial charge is 0.308 e. The summed E-state index contributed by atoms with van der Waals surface area (Å²) < 4.78 is 15.7. The molecule has 0 radical (unpaired) electrons. The molecule has 1 atom stereocenters. The van der Waals surface area contributed by atoms with E-state index in [-0.39, 0.29) is 11.9 Å². The fourth-order valence-corrected chi connectivity index (χ4v) is 2.70. The molecule has 2 aromatic rings. The lowest BCUT2D eigenvalue weighted by Crippen LogP contribution is -2.21. The Morgan fingerprint density at radius 1 is 1.50 bits per heavy atom. The topological polar surface area (TPSA) is 29.9 Å². The molecule has 2 rings (SSSR count). The Hall–Kier alpha value is -0.910. The first-order valence-corrected chi connectivity index (χ1v) is 6.52. The molecule has 96 valence electrons. The Labute approximate surface area is 118 Å². The van der Waals surface area contributed by atoms with Crippen LogP contribution in [0.1, 0.15) is 17.3 Å². The van der Waals surface area contributed by atoms with Crippen molar-refractivity contribution >= 4 is 27.5 Å². The zero-order chi connectivity index (χ0) is 13.3. The van der Waals surface area contributed by atoms with Gasteiger partial charge in [-0.1, -0.05) is 23.7 Å². The second kappa shape index (κ2) is 5.38. The van der Waals surface area contributed by atoms with Gasteiger partial charge in [0, 0.05) is 7.05 Å². The second-order valence-electron chi connectivity index (χ2n) is 3.87. The molecule has 0 saturated carbocycles. The number of rotatable bonds is 3. The summed E-state index contributed by atoms with van der Waals surface area (Å²) in [6, 6.07) is 4.70. The van der Waals surface area contributed by atoms with Crippen LogP contribution in [0.3, 0.4) is 0 Å². The number of aromatic nitrogens is 2. The minimum absolute atomic E-state index is 0.227. The van der Waals surface area contributed by atoms with Crippen LogP contribution in [-0.4, -0.2) is 16.8 Å². The molecule has 0 saturated heterocycles. The molecule has 1 aromatic carbocycles. The van der Waals surface area contributed by atoms with E-state index >= 15 is 0 Å². The molecule has 1 unspecified atom stereocenters. The van der Waals surface area contributed by atoms with Gasteiger partial charge >= 0.3 is 0 Å². The zero-order valence-corrected chi connectivity index (χ0v) is 12.3. The average molecular weight is 333 g/mol. The molecule has 1 heterocycles. The summed E-state index contributed by atoms with van der Waals surface area (Å²) in [6.07, 6.45) is 1.58. The Morgan fingerprint density at radius 2 is 2.22 bits per heavy atom. The summed E-state index contributed by atoms with van der Waals surface area (Å²) in [6.45, 7) is 0. The maximum atomic E-state index is 13.6. The van der Waals surface area contributed by atoms with E-state index in [1.165, 1.54) is 6.07 Å². The number of nitrogens with zero attached hydrogens (tertiary/aromatic N) is 2. The average Bonchev–Trinajstić information content (AvgIpc) is 2.67. The van der Waals surface area contributed by atoms with Crippen LogP contribution in [0.15, 0.2) is 28.9 Å². The van der Waals surface area contributed by atoms with Crippen molar-refractivity contribution in [1.82, 2.24) is 15.1 Å². The quantitative estimate of drug-likeness (QED) is 0.935. The van der Waals surface area contributed by atoms with E-state index in [0.29, 0.717) is 9.50 Å². The van der Waals surface area contributed by atoms with Gasteiger partial charge in [0.2, 0.25) is 0 Å². The van der Waals surface area contributed by atoms with E-state index in [2.05, 4.69) is 26.3 Å². The monoisotopic (exact) mass is 331 g/mol. The SMILES string of the molecule is CNC(c1cccc(F)c1Br)c1c(Cl)cnn1C. The number of aryl methyl sites for hydroxylation is 1. The lowest BCUT2D eigenvalue weighted by Gasteiger charge is -2.19. The van der Waals surface area contributed by atoms with Gasteiger partial charge in [-0.05, 0) is 34.6 Å². The predicted molar refractivity (Wildman–Crippen MR) is 73.2 cm³/mol. The van der Waals surface area contributed by atoms with Crippen molar-refractivity contribution in [3.05, 3.63) is 51.0 Å². The van der Waals surface area contributed by atoms with Gasteiger partial charge in [-0.15, -0.1) is 0 Å². The fraction of sp³-hybridized carbons (Fsp3) is 0.250. The van der Waals surface area contributed by atoms with Gasteiger partial charge in [0.25, 0.3) is 0 Å². The third-order valence-corrected chi connectivity index (χ3v) is 3.92. The van der Waals surface area contributed by atoms with E-state index < -0.39 is 0 Å². The summed E-state index contributed by atoms with van der Waals surface area (Å²) in [7, 11) is 3.60. The number of halogens is 3. The van der Waals surface area contributed by atoms with Crippen LogP contribution in [0.4, 0.5) is 4.39 Å². The Bertz CT molecular complexity index is 551. The first-order chi connectivity index (χ1) is 8.56. The lowest BCUT2D eigenvalue weighted by atomic mass is 10.0. The molecule has 0 amide bonds. The maximum absolute atomic E-state index is 13.6. The normalized spacial score (nSPS) is 12.7. The van der Waals surface area contributed by atoms with Gasteiger partial charge in [0.1, 0.15) is 5.82 Å². The highest BCUT2D eigenvalue weighted by atomic mass is 79.9. The molecule has 18 heavy (non-hydrogen) atoms. The van der Waals surface area contributed by atoms with E-state index in [9.17, 15) is 4.39 Å². The number of hydrogen-bond acceptors (Lipinski definition) is 2. The molecule has 0 aliphatic heterocycles. The number of benzene rings is 1. The van der Waals surface area contributed by atoms with E-state index in [1.54, 1.807) is 31.0 Å². The third-order valence-electron chi connectivity index (χ3n) is 2.79. The van der Waals surface area contributed by atoms with E-state index in [0.717, 1.165) is 11.3 Å². The van der Waals surface area contributed by atoms with Crippen molar-refractivity contribution in [3.8, 4) is 0 Å². The second-order valence-corrected chi connectivity index (χ2v) is 5.07. The number of nitrogens with one attached hydrogen (secondary N) is 1. The lowest BCUT2D eigenvalue weighted by molar-refractivity contribution is 0.585. The van der Waals surface area contributed by atoms with Crippen molar-refractivity contribution in [1.29, 1.82) is 0 Å². The molecule has 0 aliphatic rings. The Balaban J connectivity index is 2.56. The molecule has 0 aliphatic carbocycles. The highest BCUT2D eigenvalue weighted by Crippen LogP contribution is 2.33. The smallest absolute Gasteiger partial charge is 0.137 e. The van der Waals surface area contributed by atoms with Crippen molar-refractivity contribution in [3.63, 3.8) is 0 Å². The minimum atomic E-state index is -0.300. The van der Waals surface area contributed by atoms with Crippen LogP contribution in [0.2, 0.25) is 5.02 Å². The van der Waals surface area contributed by atoms with Gasteiger partial charge in [-0.3, -0.25) is 4.68 Å². The maximum Gasteiger partial charge on any atom is 0.137 e. The van der Waals surface area contributed by atoms with E-state index in [1.807, 2.05) is 6.07 Å². The summed E-state index contributed by atoms with van der Waals surface area (Å²) in [5.74, 6) is -0.300. The zero-order valence-electron chi connectivity index (χ0n) is 9.92. The Morgan fingerprint density at radius 3 is 2.78 bits per heavy atom. The van der Waals surface area contributed by atoms with Gasteiger partial charge in [-0.2, -0.15) is 5.10 Å². The molecule has 1 N–H and O–H groups in total. The van der Waals surface area contributed by atoms with Gasteiger partial charge in [-0.25, -0.2) is 4.39 Å². The van der Waals surface area contributed by atoms with Gasteiger partial charge < -0.3 is 5.32 Å². The van der Waals surface area contributed by atoms with Crippen molar-refractivity contribution < 1.29 is 4.39 Å². The van der Waals surface area contributed by atoms with Crippen LogP contribution in [-0.2, 0) is 7.05 Å². The molecular weight excluding hydrogens is 321 g/mol. The highest BCUT2D eigenvalue weighted by molar-refractivity contribution is 9.10. The molecule has 0 fully saturated rings. The van der Waals surface area contributed by atoms with Crippen molar-refractivity contribution in [2.45, 2.75) is 6.04 Å². The summed E-state index contributed by atoms with van der Waals surface area (Å²) in [5.41, 5.74) is 1.58. The molecule has 3 nitrogen and oxygen atoms in total. The van der Waals surface area contributed by atoms with Crippen LogP contribution in [0.5, 0.6) is 0 Å². The molecule has 0 bridgehead atoms. The summed E-state index contributed by atoms with van der Waals surface area (Å²) in [5, 5.41) is 7.78. The molecular formula is C12H12BrClFN3. The highest BCUT2D eigenvalue weighted by Gasteiger charge is 2.22. The van der Waals surface area contributed by atoms with Gasteiger partial charge in [0.05, 0.1) is 27.4 Å². The molecule has 0 spiro atoms. The van der Waals surface area contributed by atoms with Crippen molar-refractivity contribution in [2.24, 2.45) is 7.05 Å². The van der Waals surface area contributed by atoms with E-state index in [4.69, 9.17) is 11.6 Å². The van der Waals surface area contributed by atoms with Crippen LogP contribution in [0, 0.1) is 5.82 Å². The first-order valence-electron chi connectivity index (χ1n) is 5.34. The minimum Gasteiger partial charge on any atom is -0.308 e. The molecule has 1 aromatic heterocycles. The van der Waals surface area contributed by atoms with Crippen LogP contribution < -0.4 is 5.32 Å².